The number of hydrogen-bond acceptors (Lipinski definition) is 4. The number of nitrogens with one attached hydrogen (secondary N) is 1. The lowest BCUT2D eigenvalue weighted by atomic mass is 10.0. The van der Waals surface area contributed by atoms with Crippen LogP contribution in [0.3, 0.4) is 0 Å². The molecule has 0 bridgehead atoms. The molecule has 0 aliphatic heterocycles. The summed E-state index contributed by atoms with van der Waals surface area (Å²) < 4.78 is 0. The van der Waals surface area contributed by atoms with Gasteiger partial charge in [-0.3, -0.25) is 4.79 Å². The van der Waals surface area contributed by atoms with Crippen molar-refractivity contribution in [3.05, 3.63) is 30.5 Å². The highest BCUT2D eigenvalue weighted by molar-refractivity contribution is 5.78. The molecule has 1 aromatic heterocycles. The van der Waals surface area contributed by atoms with Crippen LogP contribution in [0.2, 0.25) is 0 Å². The molecule has 19 heavy (non-hydrogen) atoms. The largest absolute Gasteiger partial charge is 0.481 e. The van der Waals surface area contributed by atoms with E-state index in [1.54, 1.807) is 6.20 Å². The molecule has 5 nitrogen and oxygen atoms in total. The molecule has 5 heteroatoms. The monoisotopic (exact) mass is 259 g/mol. The van der Waals surface area contributed by atoms with E-state index in [1.807, 2.05) is 31.2 Å². The summed E-state index contributed by atoms with van der Waals surface area (Å²) in [5.41, 5.74) is 0.881. The third kappa shape index (κ3) is 3.64. The van der Waals surface area contributed by atoms with Crippen molar-refractivity contribution >= 4 is 22.8 Å². The predicted molar refractivity (Wildman–Crippen MR) is 74.1 cm³/mol. The van der Waals surface area contributed by atoms with Crippen LogP contribution in [0.25, 0.3) is 10.9 Å². The molecule has 0 amide bonds. The maximum atomic E-state index is 10.7. The van der Waals surface area contributed by atoms with Gasteiger partial charge in [-0.25, -0.2) is 9.97 Å². The minimum absolute atomic E-state index is 0.0903. The normalized spacial score (nSPS) is 12.3. The summed E-state index contributed by atoms with van der Waals surface area (Å²) in [4.78, 5) is 19.3. The van der Waals surface area contributed by atoms with Crippen molar-refractivity contribution in [1.82, 2.24) is 9.97 Å². The average Bonchev–Trinajstić information content (AvgIpc) is 2.42. The van der Waals surface area contributed by atoms with E-state index in [4.69, 9.17) is 5.11 Å². The zero-order valence-corrected chi connectivity index (χ0v) is 10.8. The molecule has 0 fully saturated rings. The van der Waals surface area contributed by atoms with E-state index in [0.29, 0.717) is 12.5 Å². The molecule has 0 aliphatic rings. The van der Waals surface area contributed by atoms with Crippen molar-refractivity contribution in [2.24, 2.45) is 5.92 Å². The van der Waals surface area contributed by atoms with Gasteiger partial charge in [0, 0.05) is 24.5 Å². The molecule has 2 rings (SSSR count). The van der Waals surface area contributed by atoms with Crippen molar-refractivity contribution in [1.29, 1.82) is 0 Å². The zero-order chi connectivity index (χ0) is 13.7. The Labute approximate surface area is 111 Å². The summed E-state index contributed by atoms with van der Waals surface area (Å²) in [6.45, 7) is 2.55. The van der Waals surface area contributed by atoms with Gasteiger partial charge in [-0.15, -0.1) is 0 Å². The maximum Gasteiger partial charge on any atom is 0.303 e. The number of anilines is 1. The Balaban J connectivity index is 2.02. The molecule has 0 radical (unpaired) electrons. The number of carboxylic acids is 1. The van der Waals surface area contributed by atoms with Crippen molar-refractivity contribution in [2.45, 2.75) is 19.8 Å². The first kappa shape index (κ1) is 13.3. The minimum atomic E-state index is -0.770. The fraction of sp³-hybridized carbons (Fsp3) is 0.357. The molecule has 2 aromatic rings. The Morgan fingerprint density at radius 2 is 2.21 bits per heavy atom. The molecule has 0 saturated heterocycles. The lowest BCUT2D eigenvalue weighted by molar-refractivity contribution is -0.138. The Morgan fingerprint density at radius 3 is 2.95 bits per heavy atom. The minimum Gasteiger partial charge on any atom is -0.481 e. The van der Waals surface area contributed by atoms with Gasteiger partial charge < -0.3 is 10.4 Å². The predicted octanol–water partition coefficient (Wildman–Crippen LogP) is 2.54. The third-order valence-corrected chi connectivity index (χ3v) is 3.08. The Morgan fingerprint density at radius 1 is 1.42 bits per heavy atom. The Hall–Kier alpha value is -2.17. The fourth-order valence-electron chi connectivity index (χ4n) is 1.90. The quantitative estimate of drug-likeness (QED) is 0.833. The SMILES string of the molecule is CCC(CNc1ncc2ccccc2n1)CC(=O)O. The van der Waals surface area contributed by atoms with E-state index in [9.17, 15) is 4.79 Å². The summed E-state index contributed by atoms with van der Waals surface area (Å²) >= 11 is 0. The van der Waals surface area contributed by atoms with Gasteiger partial charge in [0.25, 0.3) is 0 Å². The van der Waals surface area contributed by atoms with E-state index in [1.165, 1.54) is 0 Å². The molecule has 0 aliphatic carbocycles. The molecular formula is C14H17N3O2. The van der Waals surface area contributed by atoms with Gasteiger partial charge in [-0.05, 0) is 12.0 Å². The Bertz CT molecular complexity index is 571. The van der Waals surface area contributed by atoms with Gasteiger partial charge in [0.15, 0.2) is 0 Å². The molecule has 0 spiro atoms. The number of carbonyl (C=O) groups is 1. The van der Waals surface area contributed by atoms with Crippen LogP contribution in [0.15, 0.2) is 30.5 Å². The number of rotatable bonds is 6. The lowest BCUT2D eigenvalue weighted by Gasteiger charge is -2.13. The summed E-state index contributed by atoms with van der Waals surface area (Å²) in [5.74, 6) is -0.136. The van der Waals surface area contributed by atoms with Gasteiger partial charge in [0.05, 0.1) is 5.52 Å². The highest BCUT2D eigenvalue weighted by atomic mass is 16.4. The number of hydrogen-bond donors (Lipinski definition) is 2. The average molecular weight is 259 g/mol. The van der Waals surface area contributed by atoms with E-state index >= 15 is 0 Å². The molecular weight excluding hydrogens is 242 g/mol. The van der Waals surface area contributed by atoms with Crippen LogP contribution in [0, 0.1) is 5.92 Å². The van der Waals surface area contributed by atoms with Crippen LogP contribution < -0.4 is 5.32 Å². The van der Waals surface area contributed by atoms with Gasteiger partial charge in [-0.1, -0.05) is 31.5 Å². The first-order valence-electron chi connectivity index (χ1n) is 6.36. The molecule has 0 saturated carbocycles. The van der Waals surface area contributed by atoms with Gasteiger partial charge in [-0.2, -0.15) is 0 Å². The van der Waals surface area contributed by atoms with Crippen LogP contribution in [0.5, 0.6) is 0 Å². The molecule has 100 valence electrons. The summed E-state index contributed by atoms with van der Waals surface area (Å²) in [5, 5.41) is 12.9. The third-order valence-electron chi connectivity index (χ3n) is 3.08. The molecule has 1 atom stereocenters. The topological polar surface area (TPSA) is 75.1 Å². The van der Waals surface area contributed by atoms with Gasteiger partial charge >= 0.3 is 5.97 Å². The second-order valence-electron chi connectivity index (χ2n) is 4.51. The number of benzene rings is 1. The van der Waals surface area contributed by atoms with Crippen LogP contribution in [0.4, 0.5) is 5.95 Å². The first-order chi connectivity index (χ1) is 9.19. The smallest absolute Gasteiger partial charge is 0.303 e. The molecule has 2 N–H and O–H groups in total. The summed E-state index contributed by atoms with van der Waals surface area (Å²) in [6.07, 6.45) is 2.74. The van der Waals surface area contributed by atoms with E-state index in [-0.39, 0.29) is 12.3 Å². The second kappa shape index (κ2) is 6.13. The molecule has 1 heterocycles. The number of fused-ring (bicyclic) bond motifs is 1. The highest BCUT2D eigenvalue weighted by Gasteiger charge is 2.11. The van der Waals surface area contributed by atoms with Crippen LogP contribution in [0.1, 0.15) is 19.8 Å². The number of para-hydroxylation sites is 1. The van der Waals surface area contributed by atoms with Crippen LogP contribution in [-0.4, -0.2) is 27.6 Å². The molecule has 1 unspecified atom stereocenters. The van der Waals surface area contributed by atoms with Crippen LogP contribution >= 0.6 is 0 Å². The lowest BCUT2D eigenvalue weighted by Crippen LogP contribution is -2.18. The van der Waals surface area contributed by atoms with Gasteiger partial charge in [0.1, 0.15) is 0 Å². The number of nitrogens with zero attached hydrogens (tertiary/aromatic N) is 2. The number of aromatic nitrogens is 2. The van der Waals surface area contributed by atoms with E-state index < -0.39 is 5.97 Å². The number of carboxylic acid groups (broad SMARTS) is 1. The Kier molecular flexibility index (Phi) is 4.28. The number of aliphatic carboxylic acids is 1. The summed E-state index contributed by atoms with van der Waals surface area (Å²) in [6, 6.07) is 7.76. The highest BCUT2D eigenvalue weighted by Crippen LogP contribution is 2.13. The van der Waals surface area contributed by atoms with E-state index in [0.717, 1.165) is 17.3 Å². The standard InChI is InChI=1S/C14H17N3O2/c1-2-10(7-13(18)19)8-15-14-16-9-11-5-3-4-6-12(11)17-14/h3-6,9-10H,2,7-8H2,1H3,(H,18,19)(H,15,16,17). The summed E-state index contributed by atoms with van der Waals surface area (Å²) in [7, 11) is 0. The van der Waals surface area contributed by atoms with Crippen molar-refractivity contribution in [3.63, 3.8) is 0 Å². The second-order valence-corrected chi connectivity index (χ2v) is 4.51. The maximum absolute atomic E-state index is 10.7. The van der Waals surface area contributed by atoms with Gasteiger partial charge in [0.2, 0.25) is 5.95 Å². The fourth-order valence-corrected chi connectivity index (χ4v) is 1.90. The first-order valence-corrected chi connectivity index (χ1v) is 6.36. The zero-order valence-electron chi connectivity index (χ0n) is 10.8. The van der Waals surface area contributed by atoms with Crippen molar-refractivity contribution in [3.8, 4) is 0 Å². The van der Waals surface area contributed by atoms with Crippen molar-refractivity contribution in [2.75, 3.05) is 11.9 Å². The molecule has 1 aromatic carbocycles. The van der Waals surface area contributed by atoms with Crippen LogP contribution in [-0.2, 0) is 4.79 Å². The van der Waals surface area contributed by atoms with E-state index in [2.05, 4.69) is 15.3 Å². The van der Waals surface area contributed by atoms with Crippen molar-refractivity contribution < 1.29 is 9.90 Å².